The van der Waals surface area contributed by atoms with Crippen LogP contribution < -0.4 is 0 Å². The topological polar surface area (TPSA) is 9.86 Å². The standard InChI is InChI=1S/C56H40N2/c1-3-57-52-31-11-9-21-41(52)47-29-15-27-45(55(47)57)39-23-13-25-43-49(39)34-50-40(46-28-16-30-48-42-22-10-12-32-53(42)58(4-2)56(46)48)24-14-26-44(50)54(43)51-33-35-17-5-6-18-36(35)37-19-7-8-20-38(37)51/h5-34H,3-4H2,1-2H3. The average Bonchev–Trinajstić information content (AvgIpc) is 3.80. The van der Waals surface area contributed by atoms with Gasteiger partial charge in [-0.2, -0.15) is 0 Å². The Kier molecular flexibility index (Phi) is 7.22. The molecular weight excluding hydrogens is 701 g/mol. The number of nitrogens with zero attached hydrogens (tertiary/aromatic N) is 2. The first-order valence-electron chi connectivity index (χ1n) is 20.6. The van der Waals surface area contributed by atoms with E-state index < -0.39 is 0 Å². The molecule has 0 unspecified atom stereocenters. The first-order chi connectivity index (χ1) is 28.7. The Balaban J connectivity index is 1.27. The van der Waals surface area contributed by atoms with Gasteiger partial charge in [0.2, 0.25) is 0 Å². The van der Waals surface area contributed by atoms with Crippen LogP contribution in [0.15, 0.2) is 182 Å². The van der Waals surface area contributed by atoms with Crippen LogP contribution in [0.2, 0.25) is 0 Å². The minimum Gasteiger partial charge on any atom is -0.340 e. The summed E-state index contributed by atoms with van der Waals surface area (Å²) in [6.45, 7) is 6.32. The molecule has 0 fully saturated rings. The van der Waals surface area contributed by atoms with Crippen molar-refractivity contribution in [2.45, 2.75) is 26.9 Å². The fourth-order valence-electron chi connectivity index (χ4n) is 10.5. The zero-order valence-electron chi connectivity index (χ0n) is 32.6. The first kappa shape index (κ1) is 33.0. The van der Waals surface area contributed by atoms with Gasteiger partial charge in [-0.25, -0.2) is 0 Å². The molecule has 274 valence electrons. The predicted molar refractivity (Wildman–Crippen MR) is 250 cm³/mol. The van der Waals surface area contributed by atoms with Gasteiger partial charge in [-0.05, 0) is 103 Å². The van der Waals surface area contributed by atoms with Gasteiger partial charge in [0, 0.05) is 56.8 Å². The number of para-hydroxylation sites is 4. The Morgan fingerprint density at radius 2 is 0.707 bits per heavy atom. The van der Waals surface area contributed by atoms with Gasteiger partial charge in [0.05, 0.1) is 11.0 Å². The highest BCUT2D eigenvalue weighted by atomic mass is 15.0. The van der Waals surface area contributed by atoms with Gasteiger partial charge in [0.1, 0.15) is 0 Å². The molecule has 0 amide bonds. The number of hydrogen-bond acceptors (Lipinski definition) is 0. The molecule has 58 heavy (non-hydrogen) atoms. The Morgan fingerprint density at radius 1 is 0.293 bits per heavy atom. The third kappa shape index (κ3) is 4.54. The predicted octanol–water partition coefficient (Wildman–Crippen LogP) is 15.6. The van der Waals surface area contributed by atoms with E-state index in [1.807, 2.05) is 0 Å². The molecule has 0 radical (unpaired) electrons. The molecule has 0 spiro atoms. The third-order valence-corrected chi connectivity index (χ3v) is 12.9. The molecule has 2 aromatic heterocycles. The molecule has 10 aromatic carbocycles. The summed E-state index contributed by atoms with van der Waals surface area (Å²) in [7, 11) is 0. The van der Waals surface area contributed by atoms with Crippen molar-refractivity contribution in [1.82, 2.24) is 9.13 Å². The van der Waals surface area contributed by atoms with Crippen molar-refractivity contribution in [1.29, 1.82) is 0 Å². The lowest BCUT2D eigenvalue weighted by atomic mass is 9.84. The van der Waals surface area contributed by atoms with Crippen molar-refractivity contribution in [2.24, 2.45) is 0 Å². The molecule has 12 aromatic rings. The maximum absolute atomic E-state index is 2.51. The fourth-order valence-corrected chi connectivity index (χ4v) is 10.5. The molecule has 0 aliphatic carbocycles. The largest absolute Gasteiger partial charge is 0.340 e. The van der Waals surface area contributed by atoms with Crippen molar-refractivity contribution in [3.05, 3.63) is 182 Å². The number of rotatable bonds is 5. The van der Waals surface area contributed by atoms with E-state index in [1.165, 1.54) is 120 Å². The summed E-state index contributed by atoms with van der Waals surface area (Å²) in [5, 5.41) is 15.3. The molecule has 0 atom stereocenters. The van der Waals surface area contributed by atoms with Gasteiger partial charge in [-0.15, -0.1) is 0 Å². The summed E-state index contributed by atoms with van der Waals surface area (Å²) < 4.78 is 5.01. The van der Waals surface area contributed by atoms with Crippen LogP contribution in [0, 0.1) is 0 Å². The van der Waals surface area contributed by atoms with E-state index in [1.54, 1.807) is 0 Å². The lowest BCUT2D eigenvalue weighted by Crippen LogP contribution is -1.97. The zero-order valence-corrected chi connectivity index (χ0v) is 32.6. The van der Waals surface area contributed by atoms with E-state index in [4.69, 9.17) is 0 Å². The number of aromatic nitrogens is 2. The summed E-state index contributed by atoms with van der Waals surface area (Å²) in [6.07, 6.45) is 0. The molecule has 0 aliphatic heterocycles. The van der Waals surface area contributed by atoms with Crippen LogP contribution in [0.1, 0.15) is 13.8 Å². The highest BCUT2D eigenvalue weighted by Crippen LogP contribution is 2.48. The average molecular weight is 741 g/mol. The van der Waals surface area contributed by atoms with Crippen LogP contribution in [0.5, 0.6) is 0 Å². The summed E-state index contributed by atoms with van der Waals surface area (Å²) in [6, 6.07) is 68.3. The van der Waals surface area contributed by atoms with Crippen molar-refractivity contribution < 1.29 is 0 Å². The minimum absolute atomic E-state index is 0.892. The van der Waals surface area contributed by atoms with Crippen LogP contribution in [-0.2, 0) is 13.1 Å². The van der Waals surface area contributed by atoms with Gasteiger partial charge in [-0.3, -0.25) is 0 Å². The van der Waals surface area contributed by atoms with Crippen LogP contribution >= 0.6 is 0 Å². The zero-order chi connectivity index (χ0) is 38.5. The summed E-state index contributed by atoms with van der Waals surface area (Å²) in [5.74, 6) is 0. The van der Waals surface area contributed by atoms with E-state index in [-0.39, 0.29) is 0 Å². The Labute approximate surface area is 336 Å². The molecule has 0 aliphatic rings. The fraction of sp³-hybridized carbons (Fsp3) is 0.0714. The van der Waals surface area contributed by atoms with Crippen molar-refractivity contribution in [3.8, 4) is 33.4 Å². The maximum atomic E-state index is 2.51. The van der Waals surface area contributed by atoms with Gasteiger partial charge >= 0.3 is 0 Å². The van der Waals surface area contributed by atoms with Gasteiger partial charge in [0.25, 0.3) is 0 Å². The molecular formula is C56H40N2. The van der Waals surface area contributed by atoms with E-state index in [2.05, 4.69) is 205 Å². The van der Waals surface area contributed by atoms with E-state index >= 15 is 0 Å². The Morgan fingerprint density at radius 3 is 1.24 bits per heavy atom. The molecule has 0 bridgehead atoms. The first-order valence-corrected chi connectivity index (χ1v) is 20.6. The second-order valence-corrected chi connectivity index (χ2v) is 15.7. The normalized spacial score (nSPS) is 12.1. The van der Waals surface area contributed by atoms with Crippen LogP contribution in [-0.4, -0.2) is 9.13 Å². The van der Waals surface area contributed by atoms with Gasteiger partial charge in [-0.1, -0.05) is 158 Å². The lowest BCUT2D eigenvalue weighted by molar-refractivity contribution is 0.828. The van der Waals surface area contributed by atoms with E-state index in [0.29, 0.717) is 0 Å². The lowest BCUT2D eigenvalue weighted by Gasteiger charge is -2.20. The molecule has 2 nitrogen and oxygen atoms in total. The number of fused-ring (bicyclic) bond motifs is 11. The monoisotopic (exact) mass is 740 g/mol. The smallest absolute Gasteiger partial charge is 0.0571 e. The molecule has 0 saturated heterocycles. The SMILES string of the molecule is CCn1c2ccccc2c2cccc(-c3cccc4c(-c5cc6ccccc6c6ccccc56)c5cccc(-c6cccc7c8ccccc8n(CC)c67)c5cc34)c21. The van der Waals surface area contributed by atoms with Crippen molar-refractivity contribution in [2.75, 3.05) is 0 Å². The molecule has 0 saturated carbocycles. The Hall–Kier alpha value is -7.16. The molecule has 2 heterocycles. The van der Waals surface area contributed by atoms with Crippen LogP contribution in [0.25, 0.3) is 120 Å². The van der Waals surface area contributed by atoms with E-state index in [0.717, 1.165) is 13.1 Å². The number of aryl methyl sites for hydroxylation is 2. The van der Waals surface area contributed by atoms with Gasteiger partial charge in [0.15, 0.2) is 0 Å². The second kappa shape index (κ2) is 12.7. The number of benzene rings is 10. The summed E-state index contributed by atoms with van der Waals surface area (Å²) >= 11 is 0. The second-order valence-electron chi connectivity index (χ2n) is 15.7. The minimum atomic E-state index is 0.892. The number of hydrogen-bond donors (Lipinski definition) is 0. The summed E-state index contributed by atoms with van der Waals surface area (Å²) in [5.41, 5.74) is 12.7. The molecule has 12 rings (SSSR count). The third-order valence-electron chi connectivity index (χ3n) is 12.9. The summed E-state index contributed by atoms with van der Waals surface area (Å²) in [4.78, 5) is 0. The van der Waals surface area contributed by atoms with Crippen LogP contribution in [0.4, 0.5) is 0 Å². The van der Waals surface area contributed by atoms with Crippen molar-refractivity contribution >= 4 is 86.7 Å². The van der Waals surface area contributed by atoms with E-state index in [9.17, 15) is 0 Å². The molecule has 0 N–H and O–H groups in total. The van der Waals surface area contributed by atoms with Crippen LogP contribution in [0.3, 0.4) is 0 Å². The maximum Gasteiger partial charge on any atom is 0.0571 e. The molecule has 2 heteroatoms. The quantitative estimate of drug-likeness (QED) is 0.123. The highest BCUT2D eigenvalue weighted by Gasteiger charge is 2.22. The highest BCUT2D eigenvalue weighted by molar-refractivity contribution is 6.26. The van der Waals surface area contributed by atoms with Gasteiger partial charge < -0.3 is 9.13 Å². The van der Waals surface area contributed by atoms with Crippen molar-refractivity contribution in [3.63, 3.8) is 0 Å². The Bertz CT molecular complexity index is 3470.